The van der Waals surface area contributed by atoms with E-state index in [1.54, 1.807) is 0 Å². The molecule has 15 heteroatoms. The molecule has 0 radical (unpaired) electrons. The zero-order valence-electron chi connectivity index (χ0n) is 17.0. The first kappa shape index (κ1) is 27.5. The molecule has 0 bridgehead atoms. The van der Waals surface area contributed by atoms with E-state index in [1.165, 1.54) is 6.92 Å². The highest BCUT2D eigenvalue weighted by molar-refractivity contribution is 5.96. The number of aliphatic hydroxyl groups is 1. The molecule has 0 rings (SSSR count). The monoisotopic (exact) mass is 446 g/mol. The first-order valence-corrected chi connectivity index (χ1v) is 9.23. The van der Waals surface area contributed by atoms with E-state index >= 15 is 0 Å². The lowest BCUT2D eigenvalue weighted by Gasteiger charge is -2.22. The molecule has 0 aliphatic heterocycles. The molecule has 0 saturated heterocycles. The molecule has 13 N–H and O–H groups in total. The van der Waals surface area contributed by atoms with Crippen LogP contribution in [-0.2, 0) is 24.0 Å². The maximum absolute atomic E-state index is 12.4. The van der Waals surface area contributed by atoms with Crippen molar-refractivity contribution in [2.75, 3.05) is 13.2 Å². The standard InChI is InChI=1S/C16H30N8O7/c1-7(12(27)23-9(15(30)31)3-2-4-21-16(19)20)22-14(29)10(5-11(18)26)24-13(28)8(17)6-25/h7-10,25H,2-6,17H2,1H3,(H2,18,26)(H,22,29)(H,23,27)(H,24,28)(H,30,31)(H4,19,20,21). The number of guanidine groups is 1. The number of nitrogens with zero attached hydrogens (tertiary/aromatic N) is 1. The number of aliphatic hydroxyl groups excluding tert-OH is 1. The van der Waals surface area contributed by atoms with E-state index < -0.39 is 66.8 Å². The minimum atomic E-state index is -1.45. The largest absolute Gasteiger partial charge is 0.480 e. The van der Waals surface area contributed by atoms with Crippen LogP contribution >= 0.6 is 0 Å². The molecule has 0 saturated carbocycles. The minimum Gasteiger partial charge on any atom is -0.480 e. The Balaban J connectivity index is 4.97. The third-order valence-corrected chi connectivity index (χ3v) is 3.88. The van der Waals surface area contributed by atoms with Crippen LogP contribution in [0.15, 0.2) is 4.99 Å². The summed E-state index contributed by atoms with van der Waals surface area (Å²) in [6, 6.07) is -5.26. The summed E-state index contributed by atoms with van der Waals surface area (Å²) in [5.41, 5.74) is 20.7. The number of carboxylic acids is 1. The molecule has 15 nitrogen and oxygen atoms in total. The molecule has 0 aliphatic rings. The van der Waals surface area contributed by atoms with Gasteiger partial charge in [0.2, 0.25) is 23.6 Å². The Hall–Kier alpha value is -3.46. The molecule has 4 atom stereocenters. The minimum absolute atomic E-state index is 0.0257. The van der Waals surface area contributed by atoms with Gasteiger partial charge in [-0.2, -0.15) is 0 Å². The molecule has 4 unspecified atom stereocenters. The SMILES string of the molecule is CC(NC(=O)C(CC(N)=O)NC(=O)C(N)CO)C(=O)NC(CCCN=C(N)N)C(=O)O. The molecule has 4 amide bonds. The number of carbonyl (C=O) groups excluding carboxylic acids is 4. The van der Waals surface area contributed by atoms with E-state index in [0.29, 0.717) is 0 Å². The maximum Gasteiger partial charge on any atom is 0.326 e. The average molecular weight is 446 g/mol. The highest BCUT2D eigenvalue weighted by atomic mass is 16.4. The Morgan fingerprint density at radius 1 is 0.935 bits per heavy atom. The number of nitrogens with two attached hydrogens (primary N) is 4. The fourth-order valence-electron chi connectivity index (χ4n) is 2.21. The number of aliphatic imine (C=N–C) groups is 1. The summed E-state index contributed by atoms with van der Waals surface area (Å²) < 4.78 is 0. The molecule has 0 aromatic heterocycles. The molecule has 0 aromatic rings. The van der Waals surface area contributed by atoms with Crippen molar-refractivity contribution in [3.8, 4) is 0 Å². The second-order valence-corrected chi connectivity index (χ2v) is 6.60. The van der Waals surface area contributed by atoms with Gasteiger partial charge in [-0.05, 0) is 19.8 Å². The number of hydrogen-bond acceptors (Lipinski definition) is 8. The number of hydrogen-bond donors (Lipinski definition) is 9. The van der Waals surface area contributed by atoms with Crippen LogP contribution in [0.25, 0.3) is 0 Å². The lowest BCUT2D eigenvalue weighted by molar-refractivity contribution is -0.142. The molecular formula is C16H30N8O7. The summed E-state index contributed by atoms with van der Waals surface area (Å²) in [7, 11) is 0. The van der Waals surface area contributed by atoms with E-state index in [0.717, 1.165) is 0 Å². The van der Waals surface area contributed by atoms with Crippen molar-refractivity contribution in [2.45, 2.75) is 50.4 Å². The molecule has 0 spiro atoms. The smallest absolute Gasteiger partial charge is 0.326 e. The summed E-state index contributed by atoms with van der Waals surface area (Å²) in [4.78, 5) is 62.6. The Bertz CT molecular complexity index is 695. The maximum atomic E-state index is 12.4. The van der Waals surface area contributed by atoms with Crippen LogP contribution in [0.4, 0.5) is 0 Å². The van der Waals surface area contributed by atoms with Gasteiger partial charge in [0, 0.05) is 6.54 Å². The number of nitrogens with one attached hydrogen (secondary N) is 3. The van der Waals surface area contributed by atoms with Gasteiger partial charge >= 0.3 is 5.97 Å². The van der Waals surface area contributed by atoms with Gasteiger partial charge in [0.1, 0.15) is 24.2 Å². The normalized spacial score (nSPS) is 14.3. The van der Waals surface area contributed by atoms with Crippen LogP contribution in [0.1, 0.15) is 26.2 Å². The molecule has 0 fully saturated rings. The summed E-state index contributed by atoms with van der Waals surface area (Å²) in [6.45, 7) is 0.738. The number of rotatable bonds is 14. The highest BCUT2D eigenvalue weighted by Gasteiger charge is 2.29. The average Bonchev–Trinajstić information content (AvgIpc) is 2.67. The van der Waals surface area contributed by atoms with Crippen molar-refractivity contribution in [1.29, 1.82) is 0 Å². The molecule has 0 heterocycles. The van der Waals surface area contributed by atoms with Crippen molar-refractivity contribution in [3.63, 3.8) is 0 Å². The van der Waals surface area contributed by atoms with Gasteiger partial charge in [-0.25, -0.2) is 4.79 Å². The van der Waals surface area contributed by atoms with Crippen molar-refractivity contribution >= 4 is 35.6 Å². The van der Waals surface area contributed by atoms with E-state index in [9.17, 15) is 29.1 Å². The lowest BCUT2D eigenvalue weighted by atomic mass is 10.1. The van der Waals surface area contributed by atoms with E-state index in [1.807, 2.05) is 0 Å². The third-order valence-electron chi connectivity index (χ3n) is 3.88. The van der Waals surface area contributed by atoms with E-state index in [4.69, 9.17) is 28.0 Å². The Labute approximate surface area is 178 Å². The number of primary amides is 1. The van der Waals surface area contributed by atoms with Gasteiger partial charge in [0.05, 0.1) is 13.0 Å². The molecule has 0 aliphatic carbocycles. The van der Waals surface area contributed by atoms with Gasteiger partial charge in [-0.15, -0.1) is 0 Å². The molecular weight excluding hydrogens is 416 g/mol. The third kappa shape index (κ3) is 11.3. The van der Waals surface area contributed by atoms with Gasteiger partial charge in [-0.1, -0.05) is 0 Å². The van der Waals surface area contributed by atoms with Gasteiger partial charge < -0.3 is 49.1 Å². The van der Waals surface area contributed by atoms with Crippen LogP contribution in [0, 0.1) is 0 Å². The van der Waals surface area contributed by atoms with Crippen molar-refractivity contribution in [3.05, 3.63) is 0 Å². The van der Waals surface area contributed by atoms with Crippen LogP contribution in [-0.4, -0.2) is 83.1 Å². The fraction of sp³-hybridized carbons (Fsp3) is 0.625. The topological polar surface area (TPSA) is 278 Å². The first-order valence-electron chi connectivity index (χ1n) is 9.23. The van der Waals surface area contributed by atoms with Gasteiger partial charge in [0.25, 0.3) is 0 Å². The van der Waals surface area contributed by atoms with Crippen LogP contribution < -0.4 is 38.9 Å². The van der Waals surface area contributed by atoms with Crippen LogP contribution in [0.2, 0.25) is 0 Å². The zero-order chi connectivity index (χ0) is 24.1. The Morgan fingerprint density at radius 3 is 2.00 bits per heavy atom. The van der Waals surface area contributed by atoms with Crippen LogP contribution in [0.3, 0.4) is 0 Å². The summed E-state index contributed by atoms with van der Waals surface area (Å²) in [5, 5.41) is 24.8. The zero-order valence-corrected chi connectivity index (χ0v) is 17.0. The number of carboxylic acid groups (broad SMARTS) is 1. The second-order valence-electron chi connectivity index (χ2n) is 6.60. The molecule has 31 heavy (non-hydrogen) atoms. The summed E-state index contributed by atoms with van der Waals surface area (Å²) in [5.74, 6) is -5.02. The predicted octanol–water partition coefficient (Wildman–Crippen LogP) is -5.21. The molecule has 176 valence electrons. The van der Waals surface area contributed by atoms with Gasteiger partial charge in [0.15, 0.2) is 5.96 Å². The first-order chi connectivity index (χ1) is 14.4. The Morgan fingerprint density at radius 2 is 1.52 bits per heavy atom. The van der Waals surface area contributed by atoms with Crippen LogP contribution in [0.5, 0.6) is 0 Å². The quantitative estimate of drug-likeness (QED) is 0.0694. The van der Waals surface area contributed by atoms with Gasteiger partial charge in [-0.3, -0.25) is 24.2 Å². The van der Waals surface area contributed by atoms with Crippen molar-refractivity contribution in [2.24, 2.45) is 27.9 Å². The van der Waals surface area contributed by atoms with Crippen molar-refractivity contribution in [1.82, 2.24) is 16.0 Å². The summed E-state index contributed by atoms with van der Waals surface area (Å²) >= 11 is 0. The number of carbonyl (C=O) groups is 5. The summed E-state index contributed by atoms with van der Waals surface area (Å²) in [6.07, 6.45) is -0.293. The Kier molecular flexibility index (Phi) is 12.2. The van der Waals surface area contributed by atoms with E-state index in [2.05, 4.69) is 20.9 Å². The number of aliphatic carboxylic acids is 1. The van der Waals surface area contributed by atoms with E-state index in [-0.39, 0.29) is 25.3 Å². The lowest BCUT2D eigenvalue weighted by Crippen LogP contribution is -2.57. The number of amides is 4. The predicted molar refractivity (Wildman–Crippen MR) is 108 cm³/mol. The second kappa shape index (κ2) is 13.7. The molecule has 0 aromatic carbocycles. The highest BCUT2D eigenvalue weighted by Crippen LogP contribution is 2.01. The fourth-order valence-corrected chi connectivity index (χ4v) is 2.21. The van der Waals surface area contributed by atoms with Crippen molar-refractivity contribution < 1.29 is 34.2 Å².